The first-order chi connectivity index (χ1) is 6.80. The first-order valence-electron chi connectivity index (χ1n) is 5.51. The quantitative estimate of drug-likeness (QED) is 0.467. The van der Waals surface area contributed by atoms with Crippen molar-refractivity contribution in [2.24, 2.45) is 0 Å². The summed E-state index contributed by atoms with van der Waals surface area (Å²) < 4.78 is 0. The molecule has 0 aromatic carbocycles. The fraction of sp³-hybridized carbons (Fsp3) is 1.00. The summed E-state index contributed by atoms with van der Waals surface area (Å²) in [5.74, 6) is 0. The lowest BCUT2D eigenvalue weighted by Gasteiger charge is -2.18. The number of aliphatic hydroxyl groups is 2. The monoisotopic (exact) mass is 202 g/mol. The Labute approximate surface area is 85.7 Å². The van der Waals surface area contributed by atoms with E-state index in [1.807, 2.05) is 0 Å². The summed E-state index contributed by atoms with van der Waals surface area (Å²) in [6, 6.07) is 0.939. The molecule has 0 unspecified atom stereocenters. The molecule has 1 saturated heterocycles. The van der Waals surface area contributed by atoms with Crippen LogP contribution >= 0.6 is 0 Å². The summed E-state index contributed by atoms with van der Waals surface area (Å²) in [4.78, 5) is 0. The predicted molar refractivity (Wildman–Crippen MR) is 56.2 cm³/mol. The van der Waals surface area contributed by atoms with Gasteiger partial charge in [0.15, 0.2) is 0 Å². The van der Waals surface area contributed by atoms with Crippen LogP contribution in [-0.2, 0) is 0 Å². The Bertz CT molecular complexity index is 151. The smallest absolute Gasteiger partial charge is 0.0584 e. The minimum absolute atomic E-state index is 0.201. The van der Waals surface area contributed by atoms with Crippen LogP contribution in [0, 0.1) is 0 Å². The molecule has 3 atom stereocenters. The number of hydrogen-bond donors (Lipinski definition) is 4. The van der Waals surface area contributed by atoms with Crippen LogP contribution in [0.4, 0.5) is 0 Å². The van der Waals surface area contributed by atoms with E-state index in [0.29, 0.717) is 6.04 Å². The van der Waals surface area contributed by atoms with E-state index in [4.69, 9.17) is 10.2 Å². The van der Waals surface area contributed by atoms with Crippen LogP contribution in [0.2, 0.25) is 0 Å². The molecule has 0 radical (unpaired) electrons. The third kappa shape index (κ3) is 3.53. The molecule has 0 saturated carbocycles. The van der Waals surface area contributed by atoms with Crippen molar-refractivity contribution in [3.8, 4) is 0 Å². The van der Waals surface area contributed by atoms with Gasteiger partial charge in [-0.2, -0.15) is 0 Å². The minimum atomic E-state index is 0.201. The van der Waals surface area contributed by atoms with Crippen molar-refractivity contribution in [1.29, 1.82) is 0 Å². The molecule has 0 aliphatic carbocycles. The normalized spacial score (nSPS) is 29.4. The standard InChI is InChI=1S/C10H22N2O2/c1-2-8(6-13)11-5-9-3-4-10(7-14)12-9/h8-14H,2-7H2,1H3/t8-,9+,10-/m0/s1. The second kappa shape index (κ2) is 6.35. The second-order valence-corrected chi connectivity index (χ2v) is 4.02. The van der Waals surface area contributed by atoms with Crippen molar-refractivity contribution in [2.45, 2.75) is 44.3 Å². The topological polar surface area (TPSA) is 64.5 Å². The number of rotatable bonds is 6. The van der Waals surface area contributed by atoms with Crippen LogP contribution in [0.5, 0.6) is 0 Å². The lowest BCUT2D eigenvalue weighted by molar-refractivity contribution is 0.232. The van der Waals surface area contributed by atoms with Gasteiger partial charge in [0.05, 0.1) is 13.2 Å². The first-order valence-corrected chi connectivity index (χ1v) is 5.51. The average molecular weight is 202 g/mol. The summed E-state index contributed by atoms with van der Waals surface area (Å²) in [5, 5.41) is 24.6. The molecule has 1 aliphatic heterocycles. The Balaban J connectivity index is 2.13. The Morgan fingerprint density at radius 3 is 2.57 bits per heavy atom. The number of hydrogen-bond acceptors (Lipinski definition) is 4. The van der Waals surface area contributed by atoms with Crippen LogP contribution in [0.1, 0.15) is 26.2 Å². The predicted octanol–water partition coefficient (Wildman–Crippen LogP) is -0.540. The summed E-state index contributed by atoms with van der Waals surface area (Å²) in [6.07, 6.45) is 3.12. The maximum absolute atomic E-state index is 8.98. The maximum Gasteiger partial charge on any atom is 0.0584 e. The third-order valence-electron chi connectivity index (χ3n) is 2.92. The van der Waals surface area contributed by atoms with Crippen LogP contribution in [0.25, 0.3) is 0 Å². The van der Waals surface area contributed by atoms with Gasteiger partial charge in [-0.05, 0) is 19.3 Å². The molecule has 1 heterocycles. The van der Waals surface area contributed by atoms with Crippen molar-refractivity contribution in [1.82, 2.24) is 10.6 Å². The highest BCUT2D eigenvalue weighted by Gasteiger charge is 2.22. The molecule has 14 heavy (non-hydrogen) atoms. The molecule has 0 bridgehead atoms. The van der Waals surface area contributed by atoms with Crippen LogP contribution in [0.3, 0.4) is 0 Å². The van der Waals surface area contributed by atoms with E-state index in [9.17, 15) is 0 Å². The van der Waals surface area contributed by atoms with Gasteiger partial charge in [-0.15, -0.1) is 0 Å². The molecule has 0 aromatic heterocycles. The Morgan fingerprint density at radius 2 is 2.07 bits per heavy atom. The van der Waals surface area contributed by atoms with Crippen LogP contribution in [-0.4, -0.2) is 48.1 Å². The third-order valence-corrected chi connectivity index (χ3v) is 2.92. The lowest BCUT2D eigenvalue weighted by Crippen LogP contribution is -2.43. The van der Waals surface area contributed by atoms with Gasteiger partial charge in [-0.1, -0.05) is 6.92 Å². The van der Waals surface area contributed by atoms with E-state index in [1.54, 1.807) is 0 Å². The first kappa shape index (κ1) is 11.9. The van der Waals surface area contributed by atoms with Crippen molar-refractivity contribution in [2.75, 3.05) is 19.8 Å². The molecule has 0 aromatic rings. The molecule has 1 aliphatic rings. The molecule has 0 amide bonds. The van der Waals surface area contributed by atoms with Gasteiger partial charge in [0.2, 0.25) is 0 Å². The van der Waals surface area contributed by atoms with E-state index in [0.717, 1.165) is 25.8 Å². The summed E-state index contributed by atoms with van der Waals surface area (Å²) in [7, 11) is 0. The molecule has 84 valence electrons. The van der Waals surface area contributed by atoms with Gasteiger partial charge in [-0.25, -0.2) is 0 Å². The largest absolute Gasteiger partial charge is 0.395 e. The van der Waals surface area contributed by atoms with Crippen molar-refractivity contribution < 1.29 is 10.2 Å². The average Bonchev–Trinajstić information content (AvgIpc) is 2.67. The van der Waals surface area contributed by atoms with Crippen LogP contribution in [0.15, 0.2) is 0 Å². The fourth-order valence-corrected chi connectivity index (χ4v) is 1.85. The highest BCUT2D eigenvalue weighted by molar-refractivity contribution is 4.85. The molecule has 1 fully saturated rings. The molecule has 4 heteroatoms. The van der Waals surface area contributed by atoms with E-state index < -0.39 is 0 Å². The van der Waals surface area contributed by atoms with Gasteiger partial charge in [0, 0.05) is 24.7 Å². The molecule has 0 spiro atoms. The summed E-state index contributed by atoms with van der Waals surface area (Å²) in [6.45, 7) is 3.38. The Morgan fingerprint density at radius 1 is 1.36 bits per heavy atom. The van der Waals surface area contributed by atoms with E-state index in [-0.39, 0.29) is 25.3 Å². The molecule has 1 rings (SSSR count). The highest BCUT2D eigenvalue weighted by atomic mass is 16.3. The second-order valence-electron chi connectivity index (χ2n) is 4.02. The van der Waals surface area contributed by atoms with Gasteiger partial charge in [-0.3, -0.25) is 0 Å². The fourth-order valence-electron chi connectivity index (χ4n) is 1.85. The zero-order chi connectivity index (χ0) is 10.4. The SMILES string of the molecule is CC[C@@H](CO)NC[C@H]1CC[C@@H](CO)N1. The van der Waals surface area contributed by atoms with Crippen molar-refractivity contribution in [3.63, 3.8) is 0 Å². The number of nitrogens with one attached hydrogen (secondary N) is 2. The molecular weight excluding hydrogens is 180 g/mol. The van der Waals surface area contributed by atoms with Gasteiger partial charge < -0.3 is 20.8 Å². The maximum atomic E-state index is 8.98. The summed E-state index contributed by atoms with van der Waals surface area (Å²) >= 11 is 0. The van der Waals surface area contributed by atoms with Gasteiger partial charge in [0.1, 0.15) is 0 Å². The molecular formula is C10H22N2O2. The Hall–Kier alpha value is -0.160. The van der Waals surface area contributed by atoms with Crippen molar-refractivity contribution in [3.05, 3.63) is 0 Å². The van der Waals surface area contributed by atoms with E-state index >= 15 is 0 Å². The molecule has 4 N–H and O–H groups in total. The number of aliphatic hydroxyl groups excluding tert-OH is 2. The highest BCUT2D eigenvalue weighted by Crippen LogP contribution is 2.11. The lowest BCUT2D eigenvalue weighted by atomic mass is 10.2. The molecule has 4 nitrogen and oxygen atoms in total. The summed E-state index contributed by atoms with van der Waals surface area (Å²) in [5.41, 5.74) is 0. The van der Waals surface area contributed by atoms with Crippen LogP contribution < -0.4 is 10.6 Å². The van der Waals surface area contributed by atoms with Crippen molar-refractivity contribution >= 4 is 0 Å². The zero-order valence-corrected chi connectivity index (χ0v) is 8.87. The zero-order valence-electron chi connectivity index (χ0n) is 8.87. The van der Waals surface area contributed by atoms with Gasteiger partial charge in [0.25, 0.3) is 0 Å². The Kier molecular flexibility index (Phi) is 5.40. The van der Waals surface area contributed by atoms with Gasteiger partial charge >= 0.3 is 0 Å². The minimum Gasteiger partial charge on any atom is -0.395 e. The van der Waals surface area contributed by atoms with E-state index in [2.05, 4.69) is 17.6 Å². The van der Waals surface area contributed by atoms with E-state index in [1.165, 1.54) is 0 Å².